The number of nitrogens with zero attached hydrogens (tertiary/aromatic N) is 3. The number of halogens is 1. The maximum absolute atomic E-state index is 13.6. The molecule has 0 aliphatic carbocycles. The van der Waals surface area contributed by atoms with E-state index in [9.17, 15) is 23.3 Å². The Bertz CT molecular complexity index is 1120. The fourth-order valence-electron chi connectivity index (χ4n) is 3.42. The van der Waals surface area contributed by atoms with Gasteiger partial charge in [0.2, 0.25) is 5.91 Å². The lowest BCUT2D eigenvalue weighted by molar-refractivity contribution is -0.385. The van der Waals surface area contributed by atoms with Crippen LogP contribution in [0.3, 0.4) is 0 Å². The summed E-state index contributed by atoms with van der Waals surface area (Å²) < 4.78 is 33.4. The number of nitro benzene ring substituents is 1. The van der Waals surface area contributed by atoms with Crippen LogP contribution in [-0.2, 0) is 14.8 Å². The van der Waals surface area contributed by atoms with E-state index in [1.165, 1.54) is 44.4 Å². The van der Waals surface area contributed by atoms with Crippen molar-refractivity contribution in [1.29, 1.82) is 0 Å². The molecule has 3 rings (SSSR count). The molecule has 0 atom stereocenters. The number of methoxy groups -OCH3 is 1. The Morgan fingerprint density at radius 1 is 1.23 bits per heavy atom. The molecule has 2 aromatic carbocycles. The van der Waals surface area contributed by atoms with Crippen LogP contribution in [0.1, 0.15) is 18.4 Å². The van der Waals surface area contributed by atoms with Crippen LogP contribution in [0, 0.1) is 17.0 Å². The minimum absolute atomic E-state index is 0.0748. The minimum Gasteiger partial charge on any atom is -0.495 e. The summed E-state index contributed by atoms with van der Waals surface area (Å²) in [5, 5.41) is 11.6. The molecule has 0 spiro atoms. The molecule has 1 saturated heterocycles. The van der Waals surface area contributed by atoms with Gasteiger partial charge in [0.15, 0.2) is 0 Å². The Balaban J connectivity index is 2.13. The number of carbonyl (C=O) groups is 1. The zero-order valence-corrected chi connectivity index (χ0v) is 18.6. The molecular weight excluding hydrogens is 446 g/mol. The normalized spacial score (nSPS) is 13.8. The van der Waals surface area contributed by atoms with E-state index < -0.39 is 21.5 Å². The van der Waals surface area contributed by atoms with E-state index in [0.717, 1.165) is 23.2 Å². The quantitative estimate of drug-likeness (QED) is 0.456. The largest absolute Gasteiger partial charge is 0.495 e. The van der Waals surface area contributed by atoms with E-state index in [1.807, 2.05) is 0 Å². The first kappa shape index (κ1) is 22.8. The van der Waals surface area contributed by atoms with Gasteiger partial charge in [-0.15, -0.1) is 0 Å². The summed E-state index contributed by atoms with van der Waals surface area (Å²) in [7, 11) is -2.99. The maximum Gasteiger partial charge on any atom is 0.273 e. The highest BCUT2D eigenvalue weighted by Crippen LogP contribution is 2.36. The van der Waals surface area contributed by atoms with Crippen LogP contribution in [0.5, 0.6) is 5.75 Å². The van der Waals surface area contributed by atoms with Gasteiger partial charge in [0.05, 0.1) is 22.6 Å². The van der Waals surface area contributed by atoms with Crippen LogP contribution >= 0.6 is 11.6 Å². The summed E-state index contributed by atoms with van der Waals surface area (Å²) in [5.41, 5.74) is 0.0692. The first-order valence-corrected chi connectivity index (χ1v) is 11.4. The molecule has 2 aromatic rings. The Hall–Kier alpha value is -2.85. The summed E-state index contributed by atoms with van der Waals surface area (Å²) in [6, 6.07) is 8.06. The lowest BCUT2D eigenvalue weighted by Gasteiger charge is -2.27. The van der Waals surface area contributed by atoms with Crippen molar-refractivity contribution < 1.29 is 22.9 Å². The lowest BCUT2D eigenvalue weighted by atomic mass is 10.2. The number of nitro groups is 1. The average molecular weight is 468 g/mol. The molecule has 0 aromatic heterocycles. The van der Waals surface area contributed by atoms with Crippen LogP contribution in [0.4, 0.5) is 11.4 Å². The zero-order valence-electron chi connectivity index (χ0n) is 17.1. The third kappa shape index (κ3) is 4.75. The molecule has 1 amide bonds. The molecule has 0 unspecified atom stereocenters. The SMILES string of the molecule is COc1ccc(Cl)cc1N(CC(=O)N1CCCC1)S(=O)(=O)c1ccc(C)c([N+](=O)[O-])c1. The number of benzene rings is 2. The van der Waals surface area contributed by atoms with Crippen LogP contribution < -0.4 is 9.04 Å². The van der Waals surface area contributed by atoms with Crippen molar-refractivity contribution in [3.63, 3.8) is 0 Å². The molecule has 1 aliphatic rings. The number of likely N-dealkylation sites (tertiary alicyclic amines) is 1. The van der Waals surface area contributed by atoms with Crippen molar-refractivity contribution >= 4 is 38.9 Å². The zero-order chi connectivity index (χ0) is 22.8. The molecule has 0 bridgehead atoms. The second-order valence-electron chi connectivity index (χ2n) is 7.12. The molecule has 166 valence electrons. The van der Waals surface area contributed by atoms with Gasteiger partial charge in [0, 0.05) is 29.7 Å². The fraction of sp³-hybridized carbons (Fsp3) is 0.350. The van der Waals surface area contributed by atoms with Crippen molar-refractivity contribution in [2.24, 2.45) is 0 Å². The lowest BCUT2D eigenvalue weighted by Crippen LogP contribution is -2.42. The number of sulfonamides is 1. The molecule has 0 radical (unpaired) electrons. The topological polar surface area (TPSA) is 110 Å². The monoisotopic (exact) mass is 467 g/mol. The number of aryl methyl sites for hydroxylation is 1. The molecule has 31 heavy (non-hydrogen) atoms. The summed E-state index contributed by atoms with van der Waals surface area (Å²) >= 11 is 6.10. The van der Waals surface area contributed by atoms with Gasteiger partial charge in [0.25, 0.3) is 15.7 Å². The van der Waals surface area contributed by atoms with E-state index >= 15 is 0 Å². The van der Waals surface area contributed by atoms with Crippen molar-refractivity contribution in [3.8, 4) is 5.75 Å². The van der Waals surface area contributed by atoms with Gasteiger partial charge in [-0.05, 0) is 44.0 Å². The summed E-state index contributed by atoms with van der Waals surface area (Å²) in [6.45, 7) is 2.13. The number of carbonyl (C=O) groups excluding carboxylic acids is 1. The Kier molecular flexibility index (Phi) is 6.71. The van der Waals surface area contributed by atoms with E-state index in [1.54, 1.807) is 4.90 Å². The van der Waals surface area contributed by atoms with E-state index in [2.05, 4.69) is 0 Å². The molecule has 1 aliphatic heterocycles. The predicted molar refractivity (Wildman–Crippen MR) is 116 cm³/mol. The highest BCUT2D eigenvalue weighted by atomic mass is 35.5. The third-order valence-corrected chi connectivity index (χ3v) is 7.10. The highest BCUT2D eigenvalue weighted by molar-refractivity contribution is 7.92. The molecule has 11 heteroatoms. The molecule has 1 heterocycles. The predicted octanol–water partition coefficient (Wildman–Crippen LogP) is 3.38. The molecule has 0 N–H and O–H groups in total. The van der Waals surface area contributed by atoms with Gasteiger partial charge < -0.3 is 9.64 Å². The van der Waals surface area contributed by atoms with Crippen LogP contribution in [0.2, 0.25) is 5.02 Å². The van der Waals surface area contributed by atoms with Crippen molar-refractivity contribution in [3.05, 3.63) is 57.1 Å². The van der Waals surface area contributed by atoms with Crippen molar-refractivity contribution in [2.45, 2.75) is 24.7 Å². The van der Waals surface area contributed by atoms with E-state index in [4.69, 9.17) is 16.3 Å². The van der Waals surface area contributed by atoms with Crippen molar-refractivity contribution in [1.82, 2.24) is 4.90 Å². The summed E-state index contributed by atoms with van der Waals surface area (Å²) in [4.78, 5) is 24.8. The second-order valence-corrected chi connectivity index (χ2v) is 9.42. The van der Waals surface area contributed by atoms with Crippen LogP contribution in [0.25, 0.3) is 0 Å². The highest BCUT2D eigenvalue weighted by Gasteiger charge is 2.33. The standard InChI is InChI=1S/C20H22ClN3O6S/c1-14-5-7-16(12-17(14)24(26)27)31(28,29)23(13-20(25)22-9-3-4-10-22)18-11-15(21)6-8-19(18)30-2/h5-8,11-12H,3-4,9-10,13H2,1-2H3. The number of ether oxygens (including phenoxy) is 1. The second kappa shape index (κ2) is 9.11. The number of rotatable bonds is 7. The fourth-order valence-corrected chi connectivity index (χ4v) is 5.02. The van der Waals surface area contributed by atoms with Gasteiger partial charge in [-0.3, -0.25) is 19.2 Å². The molecular formula is C20H22ClN3O6S. The maximum atomic E-state index is 13.6. The minimum atomic E-state index is -4.36. The number of hydrogen-bond donors (Lipinski definition) is 0. The molecule has 0 saturated carbocycles. The van der Waals surface area contributed by atoms with Crippen LogP contribution in [0.15, 0.2) is 41.3 Å². The van der Waals surface area contributed by atoms with Crippen LogP contribution in [-0.4, -0.2) is 50.9 Å². The number of hydrogen-bond acceptors (Lipinski definition) is 6. The summed E-state index contributed by atoms with van der Waals surface area (Å²) in [6.07, 6.45) is 1.70. The van der Waals surface area contributed by atoms with E-state index in [-0.39, 0.29) is 32.9 Å². The Morgan fingerprint density at radius 3 is 2.52 bits per heavy atom. The van der Waals surface area contributed by atoms with Gasteiger partial charge in [-0.2, -0.15) is 0 Å². The number of amides is 1. The molecule has 1 fully saturated rings. The van der Waals surface area contributed by atoms with Crippen molar-refractivity contribution in [2.75, 3.05) is 31.0 Å². The Morgan fingerprint density at radius 2 is 1.90 bits per heavy atom. The van der Waals surface area contributed by atoms with E-state index in [0.29, 0.717) is 18.7 Å². The molecule has 9 nitrogen and oxygen atoms in total. The van der Waals surface area contributed by atoms with Gasteiger partial charge in [-0.1, -0.05) is 17.7 Å². The third-order valence-electron chi connectivity index (χ3n) is 5.11. The first-order chi connectivity index (χ1) is 14.6. The first-order valence-electron chi connectivity index (χ1n) is 9.54. The van der Waals surface area contributed by atoms with Gasteiger partial charge >= 0.3 is 0 Å². The smallest absolute Gasteiger partial charge is 0.273 e. The summed E-state index contributed by atoms with van der Waals surface area (Å²) in [5.74, 6) is -0.173. The van der Waals surface area contributed by atoms with Gasteiger partial charge in [-0.25, -0.2) is 8.42 Å². The Labute approximate surface area is 185 Å². The average Bonchev–Trinajstić information content (AvgIpc) is 3.26. The van der Waals surface area contributed by atoms with Gasteiger partial charge in [0.1, 0.15) is 12.3 Å². The number of anilines is 1.